The molecule has 0 radical (unpaired) electrons. The van der Waals surface area contributed by atoms with Gasteiger partial charge in [0, 0.05) is 18.4 Å². The predicted octanol–water partition coefficient (Wildman–Crippen LogP) is 0.700. The van der Waals surface area contributed by atoms with Crippen molar-refractivity contribution in [2.24, 2.45) is 0 Å². The van der Waals surface area contributed by atoms with Gasteiger partial charge in [-0.25, -0.2) is 13.1 Å². The van der Waals surface area contributed by atoms with E-state index in [1.807, 2.05) is 25.9 Å². The molecule has 0 aliphatic rings. The van der Waals surface area contributed by atoms with E-state index in [1.165, 1.54) is 12.3 Å². The highest BCUT2D eigenvalue weighted by atomic mass is 32.2. The van der Waals surface area contributed by atoms with Gasteiger partial charge in [-0.15, -0.1) is 0 Å². The lowest BCUT2D eigenvalue weighted by molar-refractivity contribution is 0.379. The maximum absolute atomic E-state index is 11.9. The van der Waals surface area contributed by atoms with Crippen molar-refractivity contribution in [2.45, 2.75) is 24.3 Å². The average Bonchev–Trinajstić information content (AvgIpc) is 2.27. The molecule has 1 rings (SSSR count). The Hall–Kier alpha value is -0.980. The molecule has 1 atom stereocenters. The monoisotopic (exact) mass is 257 g/mol. The fraction of sp³-hybridized carbons (Fsp3) is 0.545. The standard InChI is InChI=1S/C11H19N3O2S/c1-10(6-8-14(2)3)13-17(15,16)11-5-4-7-12-9-11/h4-5,7,9-10,13H,6,8H2,1-3H3/t10-/m1/s1. The van der Waals surface area contributed by atoms with Crippen LogP contribution in [0.25, 0.3) is 0 Å². The van der Waals surface area contributed by atoms with Gasteiger partial charge in [-0.2, -0.15) is 0 Å². The van der Waals surface area contributed by atoms with E-state index in [0.29, 0.717) is 0 Å². The highest BCUT2D eigenvalue weighted by Crippen LogP contribution is 2.07. The number of pyridine rings is 1. The first-order valence-electron chi connectivity index (χ1n) is 5.49. The highest BCUT2D eigenvalue weighted by Gasteiger charge is 2.16. The number of rotatable bonds is 6. The molecule has 17 heavy (non-hydrogen) atoms. The van der Waals surface area contributed by atoms with Gasteiger partial charge >= 0.3 is 0 Å². The SMILES string of the molecule is C[C@H](CCN(C)C)NS(=O)(=O)c1cccnc1. The lowest BCUT2D eigenvalue weighted by Crippen LogP contribution is -2.34. The summed E-state index contributed by atoms with van der Waals surface area (Å²) in [4.78, 5) is 6.03. The molecule has 0 amide bonds. The highest BCUT2D eigenvalue weighted by molar-refractivity contribution is 7.89. The summed E-state index contributed by atoms with van der Waals surface area (Å²) in [6.07, 6.45) is 3.67. The Morgan fingerprint density at radius 1 is 1.47 bits per heavy atom. The molecule has 5 nitrogen and oxygen atoms in total. The van der Waals surface area contributed by atoms with Gasteiger partial charge in [0.15, 0.2) is 0 Å². The van der Waals surface area contributed by atoms with Crippen LogP contribution in [0.3, 0.4) is 0 Å². The molecule has 0 aromatic carbocycles. The van der Waals surface area contributed by atoms with E-state index in [4.69, 9.17) is 0 Å². The van der Waals surface area contributed by atoms with Crippen LogP contribution in [0, 0.1) is 0 Å². The van der Waals surface area contributed by atoms with E-state index >= 15 is 0 Å². The van der Waals surface area contributed by atoms with Crippen LogP contribution in [-0.4, -0.2) is 45.0 Å². The minimum atomic E-state index is -3.44. The summed E-state index contributed by atoms with van der Waals surface area (Å²) in [5.41, 5.74) is 0. The van der Waals surface area contributed by atoms with Crippen LogP contribution in [0.1, 0.15) is 13.3 Å². The number of hydrogen-bond donors (Lipinski definition) is 1. The van der Waals surface area contributed by atoms with Crippen molar-refractivity contribution in [3.8, 4) is 0 Å². The molecular formula is C11H19N3O2S. The van der Waals surface area contributed by atoms with Gasteiger partial charge in [0.2, 0.25) is 10.0 Å². The Bertz CT molecular complexity index is 431. The molecule has 6 heteroatoms. The fourth-order valence-electron chi connectivity index (χ4n) is 1.35. The molecule has 0 spiro atoms. The van der Waals surface area contributed by atoms with Gasteiger partial charge in [-0.1, -0.05) is 0 Å². The molecule has 1 aromatic heterocycles. The molecule has 0 saturated heterocycles. The number of hydrogen-bond acceptors (Lipinski definition) is 4. The van der Waals surface area contributed by atoms with E-state index in [9.17, 15) is 8.42 Å². The zero-order valence-corrected chi connectivity index (χ0v) is 11.2. The third-order valence-corrected chi connectivity index (χ3v) is 3.89. The third kappa shape index (κ3) is 4.80. The Kier molecular flexibility index (Phi) is 5.04. The lowest BCUT2D eigenvalue weighted by atomic mass is 10.2. The second kappa shape index (κ2) is 6.09. The van der Waals surface area contributed by atoms with Crippen LogP contribution >= 0.6 is 0 Å². The Labute approximate surface area is 103 Å². The van der Waals surface area contributed by atoms with E-state index in [1.54, 1.807) is 12.3 Å². The van der Waals surface area contributed by atoms with Crippen molar-refractivity contribution >= 4 is 10.0 Å². The minimum absolute atomic E-state index is 0.0948. The van der Waals surface area contributed by atoms with Gasteiger partial charge in [0.25, 0.3) is 0 Å². The summed E-state index contributed by atoms with van der Waals surface area (Å²) < 4.78 is 26.5. The third-order valence-electron chi connectivity index (χ3n) is 2.31. The quantitative estimate of drug-likeness (QED) is 0.815. The number of sulfonamides is 1. The molecule has 96 valence electrons. The Morgan fingerprint density at radius 3 is 2.71 bits per heavy atom. The molecule has 0 bridgehead atoms. The summed E-state index contributed by atoms with van der Waals surface area (Å²) in [6, 6.07) is 3.05. The first-order chi connectivity index (χ1) is 7.92. The second-order valence-electron chi connectivity index (χ2n) is 4.30. The lowest BCUT2D eigenvalue weighted by Gasteiger charge is -2.16. The van der Waals surface area contributed by atoms with Gasteiger partial charge in [0.1, 0.15) is 4.90 Å². The second-order valence-corrected chi connectivity index (χ2v) is 6.02. The van der Waals surface area contributed by atoms with Crippen molar-refractivity contribution in [1.29, 1.82) is 0 Å². The summed E-state index contributed by atoms with van der Waals surface area (Å²) >= 11 is 0. The van der Waals surface area contributed by atoms with Gasteiger partial charge in [-0.3, -0.25) is 4.98 Å². The van der Waals surface area contributed by atoms with Crippen molar-refractivity contribution in [3.05, 3.63) is 24.5 Å². The van der Waals surface area contributed by atoms with E-state index < -0.39 is 10.0 Å². The van der Waals surface area contributed by atoms with Crippen LogP contribution in [-0.2, 0) is 10.0 Å². The zero-order valence-electron chi connectivity index (χ0n) is 10.4. The van der Waals surface area contributed by atoms with Crippen molar-refractivity contribution in [1.82, 2.24) is 14.6 Å². The normalized spacial score (nSPS) is 13.9. The summed E-state index contributed by atoms with van der Waals surface area (Å²) in [5, 5.41) is 0. The molecule has 0 aliphatic carbocycles. The van der Waals surface area contributed by atoms with Crippen molar-refractivity contribution < 1.29 is 8.42 Å². The van der Waals surface area contributed by atoms with Crippen LogP contribution in [0.2, 0.25) is 0 Å². The first kappa shape index (κ1) is 14.1. The summed E-state index contributed by atoms with van der Waals surface area (Å²) in [6.45, 7) is 2.70. The molecule has 1 heterocycles. The maximum Gasteiger partial charge on any atom is 0.242 e. The predicted molar refractivity (Wildman–Crippen MR) is 67.2 cm³/mol. The zero-order chi connectivity index (χ0) is 12.9. The van der Waals surface area contributed by atoms with Crippen LogP contribution in [0.5, 0.6) is 0 Å². The van der Waals surface area contributed by atoms with Gasteiger partial charge in [0.05, 0.1) is 0 Å². The van der Waals surface area contributed by atoms with Crippen LogP contribution in [0.4, 0.5) is 0 Å². The van der Waals surface area contributed by atoms with E-state index in [0.717, 1.165) is 13.0 Å². The minimum Gasteiger partial charge on any atom is -0.309 e. The van der Waals surface area contributed by atoms with E-state index in [2.05, 4.69) is 9.71 Å². The topological polar surface area (TPSA) is 62.3 Å². The van der Waals surface area contributed by atoms with Crippen molar-refractivity contribution in [3.63, 3.8) is 0 Å². The Morgan fingerprint density at radius 2 is 2.18 bits per heavy atom. The van der Waals surface area contributed by atoms with E-state index in [-0.39, 0.29) is 10.9 Å². The van der Waals surface area contributed by atoms with Crippen LogP contribution < -0.4 is 4.72 Å². The largest absolute Gasteiger partial charge is 0.309 e. The maximum atomic E-state index is 11.9. The summed E-state index contributed by atoms with van der Waals surface area (Å²) in [7, 11) is 0.483. The molecule has 0 fully saturated rings. The average molecular weight is 257 g/mol. The molecule has 1 N–H and O–H groups in total. The number of nitrogens with zero attached hydrogens (tertiary/aromatic N) is 2. The molecule has 0 aliphatic heterocycles. The van der Waals surface area contributed by atoms with Gasteiger partial charge < -0.3 is 4.90 Å². The molecule has 1 aromatic rings. The smallest absolute Gasteiger partial charge is 0.242 e. The molecular weight excluding hydrogens is 238 g/mol. The first-order valence-corrected chi connectivity index (χ1v) is 6.97. The van der Waals surface area contributed by atoms with Gasteiger partial charge in [-0.05, 0) is 46.1 Å². The molecule has 0 unspecified atom stereocenters. The Balaban J connectivity index is 2.62. The number of aromatic nitrogens is 1. The molecule has 0 saturated carbocycles. The summed E-state index contributed by atoms with van der Waals surface area (Å²) in [5.74, 6) is 0. The van der Waals surface area contributed by atoms with Crippen molar-refractivity contribution in [2.75, 3.05) is 20.6 Å². The number of nitrogens with one attached hydrogen (secondary N) is 1. The fourth-order valence-corrected chi connectivity index (χ4v) is 2.59. The van der Waals surface area contributed by atoms with Crippen LogP contribution in [0.15, 0.2) is 29.4 Å².